The van der Waals surface area contributed by atoms with Gasteiger partial charge in [-0.25, -0.2) is 13.1 Å². The number of carbonyl (C=O) groups is 2. The van der Waals surface area contributed by atoms with Gasteiger partial charge in [0.2, 0.25) is 11.8 Å². The molecule has 2 unspecified atom stereocenters. The van der Waals surface area contributed by atoms with Gasteiger partial charge in [-0.15, -0.1) is 0 Å². The Labute approximate surface area is 182 Å². The molecule has 9 heteroatoms. The first-order valence-corrected chi connectivity index (χ1v) is 12.4. The van der Waals surface area contributed by atoms with E-state index in [1.54, 1.807) is 4.90 Å². The Morgan fingerprint density at radius 3 is 2.58 bits per heavy atom. The third-order valence-electron chi connectivity index (χ3n) is 6.08. The first-order chi connectivity index (χ1) is 14.7. The van der Waals surface area contributed by atoms with Crippen LogP contribution >= 0.6 is 0 Å². The lowest BCUT2D eigenvalue weighted by molar-refractivity contribution is -0.130. The minimum Gasteiger partial charge on any atom is -0.355 e. The van der Waals surface area contributed by atoms with Crippen LogP contribution in [0, 0.1) is 19.8 Å². The Balaban J connectivity index is 1.27. The van der Waals surface area contributed by atoms with Gasteiger partial charge in [-0.1, -0.05) is 12.1 Å². The van der Waals surface area contributed by atoms with E-state index in [1.807, 2.05) is 48.9 Å². The Bertz CT molecular complexity index is 1090. The zero-order chi connectivity index (χ0) is 22.2. The molecule has 2 saturated heterocycles. The molecule has 0 bridgehead atoms. The second-order valence-electron chi connectivity index (χ2n) is 8.55. The van der Waals surface area contributed by atoms with Crippen molar-refractivity contribution in [1.82, 2.24) is 20.0 Å². The topological polar surface area (TPSA) is 101 Å². The molecule has 2 aliphatic heterocycles. The summed E-state index contributed by atoms with van der Waals surface area (Å²) >= 11 is 0. The quantitative estimate of drug-likeness (QED) is 0.721. The highest BCUT2D eigenvalue weighted by Crippen LogP contribution is 2.26. The summed E-state index contributed by atoms with van der Waals surface area (Å²) in [4.78, 5) is 26.4. The van der Waals surface area contributed by atoms with Crippen LogP contribution in [0.1, 0.15) is 29.8 Å². The number of carbonyl (C=O) groups excluding carboxylic acids is 2. The largest absolute Gasteiger partial charge is 0.355 e. The van der Waals surface area contributed by atoms with Crippen molar-refractivity contribution in [3.05, 3.63) is 47.3 Å². The van der Waals surface area contributed by atoms with Crippen LogP contribution < -0.4 is 5.32 Å². The van der Waals surface area contributed by atoms with Crippen molar-refractivity contribution >= 4 is 21.7 Å². The molecule has 3 heterocycles. The Morgan fingerprint density at radius 2 is 1.97 bits per heavy atom. The average Bonchev–Trinajstić information content (AvgIpc) is 3.38. The van der Waals surface area contributed by atoms with E-state index < -0.39 is 15.8 Å². The van der Waals surface area contributed by atoms with E-state index in [0.29, 0.717) is 25.9 Å². The van der Waals surface area contributed by atoms with E-state index in [0.717, 1.165) is 22.6 Å². The minimum absolute atomic E-state index is 0.0146. The number of likely N-dealkylation sites (tertiary alicyclic amines) is 1. The number of sulfone groups is 1. The lowest BCUT2D eigenvalue weighted by atomic mass is 10.1. The average molecular weight is 445 g/mol. The normalized spacial score (nSPS) is 22.8. The second kappa shape index (κ2) is 8.45. The van der Waals surface area contributed by atoms with Gasteiger partial charge >= 0.3 is 0 Å². The highest BCUT2D eigenvalue weighted by atomic mass is 32.2. The summed E-state index contributed by atoms with van der Waals surface area (Å²) in [6.07, 6.45) is 1.31. The van der Waals surface area contributed by atoms with Crippen molar-refractivity contribution in [2.24, 2.45) is 5.92 Å². The number of rotatable bonds is 6. The molecule has 2 aromatic rings. The van der Waals surface area contributed by atoms with Crippen LogP contribution in [0.25, 0.3) is 5.69 Å². The summed E-state index contributed by atoms with van der Waals surface area (Å²) in [6, 6.07) is 9.83. The molecule has 1 aromatic carbocycles. The molecule has 2 amide bonds. The lowest BCUT2D eigenvalue weighted by Gasteiger charge is -2.22. The minimum atomic E-state index is -3.06. The number of hydrogen-bond donors (Lipinski definition) is 1. The molecule has 2 fully saturated rings. The van der Waals surface area contributed by atoms with Gasteiger partial charge in [-0.3, -0.25) is 9.59 Å². The van der Waals surface area contributed by atoms with E-state index in [1.165, 1.54) is 0 Å². The van der Waals surface area contributed by atoms with Gasteiger partial charge in [-0.2, -0.15) is 5.10 Å². The zero-order valence-corrected chi connectivity index (χ0v) is 18.7. The SMILES string of the molecule is Cc1cc(C)n(-c2ccc(CCNC(=O)C3CC(=O)N(C4CCS(=O)(=O)C4)C3)cc2)n1. The van der Waals surface area contributed by atoms with Crippen molar-refractivity contribution in [3.63, 3.8) is 0 Å². The summed E-state index contributed by atoms with van der Waals surface area (Å²) in [7, 11) is -3.06. The van der Waals surface area contributed by atoms with Gasteiger partial charge in [0.1, 0.15) is 0 Å². The van der Waals surface area contributed by atoms with E-state index >= 15 is 0 Å². The summed E-state index contributed by atoms with van der Waals surface area (Å²) < 4.78 is 25.3. The molecule has 31 heavy (non-hydrogen) atoms. The van der Waals surface area contributed by atoms with Gasteiger partial charge in [0.15, 0.2) is 9.84 Å². The Hall–Kier alpha value is -2.68. The molecule has 8 nitrogen and oxygen atoms in total. The molecule has 4 rings (SSSR count). The monoisotopic (exact) mass is 444 g/mol. The second-order valence-corrected chi connectivity index (χ2v) is 10.8. The van der Waals surface area contributed by atoms with Crippen molar-refractivity contribution in [2.75, 3.05) is 24.6 Å². The maximum absolute atomic E-state index is 12.5. The van der Waals surface area contributed by atoms with Gasteiger partial charge in [0.25, 0.3) is 0 Å². The predicted octanol–water partition coefficient (Wildman–Crippen LogP) is 1.18. The summed E-state index contributed by atoms with van der Waals surface area (Å²) in [6.45, 7) is 4.78. The lowest BCUT2D eigenvalue weighted by Crippen LogP contribution is -2.39. The Morgan fingerprint density at radius 1 is 1.23 bits per heavy atom. The van der Waals surface area contributed by atoms with Crippen LogP contribution in [-0.2, 0) is 25.8 Å². The molecule has 2 aliphatic rings. The highest BCUT2D eigenvalue weighted by molar-refractivity contribution is 7.91. The number of aromatic nitrogens is 2. The van der Waals surface area contributed by atoms with Gasteiger partial charge in [-0.05, 0) is 50.5 Å². The van der Waals surface area contributed by atoms with Gasteiger partial charge in [0, 0.05) is 31.2 Å². The van der Waals surface area contributed by atoms with Crippen LogP contribution in [0.4, 0.5) is 0 Å². The fraction of sp³-hybridized carbons (Fsp3) is 0.500. The molecule has 0 saturated carbocycles. The number of aryl methyl sites for hydroxylation is 2. The zero-order valence-electron chi connectivity index (χ0n) is 17.9. The van der Waals surface area contributed by atoms with E-state index in [4.69, 9.17) is 0 Å². The number of nitrogens with one attached hydrogen (secondary N) is 1. The van der Waals surface area contributed by atoms with Crippen molar-refractivity contribution in [3.8, 4) is 5.69 Å². The van der Waals surface area contributed by atoms with E-state index in [9.17, 15) is 18.0 Å². The van der Waals surface area contributed by atoms with Crippen molar-refractivity contribution < 1.29 is 18.0 Å². The molecule has 2 atom stereocenters. The fourth-order valence-corrected chi connectivity index (χ4v) is 6.18. The molecule has 166 valence electrons. The maximum atomic E-state index is 12.5. The fourth-order valence-electron chi connectivity index (χ4n) is 4.45. The molecule has 1 N–H and O–H groups in total. The van der Waals surface area contributed by atoms with E-state index in [-0.39, 0.29) is 35.8 Å². The number of nitrogens with zero attached hydrogens (tertiary/aromatic N) is 3. The van der Waals surface area contributed by atoms with Crippen LogP contribution in [0.5, 0.6) is 0 Å². The molecule has 1 aromatic heterocycles. The molecular weight excluding hydrogens is 416 g/mol. The van der Waals surface area contributed by atoms with Crippen LogP contribution in [0.2, 0.25) is 0 Å². The third kappa shape index (κ3) is 4.81. The molecule has 0 radical (unpaired) electrons. The summed E-state index contributed by atoms with van der Waals surface area (Å²) in [5.74, 6) is -0.542. The summed E-state index contributed by atoms with van der Waals surface area (Å²) in [5.41, 5.74) is 4.15. The van der Waals surface area contributed by atoms with Crippen LogP contribution in [-0.4, -0.2) is 65.5 Å². The van der Waals surface area contributed by atoms with E-state index in [2.05, 4.69) is 10.4 Å². The number of hydrogen-bond acceptors (Lipinski definition) is 5. The van der Waals surface area contributed by atoms with Crippen molar-refractivity contribution in [2.45, 2.75) is 39.2 Å². The smallest absolute Gasteiger partial charge is 0.225 e. The van der Waals surface area contributed by atoms with Crippen LogP contribution in [0.15, 0.2) is 30.3 Å². The van der Waals surface area contributed by atoms with Gasteiger partial charge in [0.05, 0.1) is 28.8 Å². The first-order valence-electron chi connectivity index (χ1n) is 10.6. The van der Waals surface area contributed by atoms with Gasteiger partial charge < -0.3 is 10.2 Å². The molecule has 0 spiro atoms. The summed E-state index contributed by atoms with van der Waals surface area (Å²) in [5, 5.41) is 7.41. The first kappa shape index (κ1) is 21.5. The maximum Gasteiger partial charge on any atom is 0.225 e. The molecular formula is C22H28N4O4S. The predicted molar refractivity (Wildman–Crippen MR) is 117 cm³/mol. The number of benzene rings is 1. The van der Waals surface area contributed by atoms with Crippen LogP contribution in [0.3, 0.4) is 0 Å². The highest BCUT2D eigenvalue weighted by Gasteiger charge is 2.41. The molecule has 0 aliphatic carbocycles. The third-order valence-corrected chi connectivity index (χ3v) is 7.83. The standard InChI is InChI=1S/C22H28N4O4S/c1-15-11-16(2)26(24-15)19-5-3-17(4-6-19)7-9-23-22(28)18-12-21(27)25(13-18)20-8-10-31(29,30)14-20/h3-6,11,18,20H,7-10,12-14H2,1-2H3,(H,23,28). The number of amides is 2. The Kier molecular flexibility index (Phi) is 5.88. The van der Waals surface area contributed by atoms with Crippen molar-refractivity contribution in [1.29, 1.82) is 0 Å².